The number of rotatable bonds is 6. The summed E-state index contributed by atoms with van der Waals surface area (Å²) in [7, 11) is 0. The van der Waals surface area contributed by atoms with Gasteiger partial charge in [0.2, 0.25) is 0 Å². The van der Waals surface area contributed by atoms with Gasteiger partial charge in [0, 0.05) is 23.0 Å². The molecule has 0 aliphatic rings. The molecule has 0 bridgehead atoms. The van der Waals surface area contributed by atoms with Gasteiger partial charge in [0.25, 0.3) is 11.8 Å². The van der Waals surface area contributed by atoms with Gasteiger partial charge in [0.15, 0.2) is 6.61 Å². The van der Waals surface area contributed by atoms with E-state index in [0.717, 1.165) is 11.3 Å². The lowest BCUT2D eigenvalue weighted by molar-refractivity contribution is -0.118. The summed E-state index contributed by atoms with van der Waals surface area (Å²) in [5, 5.41) is 5.59. The smallest absolute Gasteiger partial charge is 0.262 e. The Bertz CT molecular complexity index is 922. The first kappa shape index (κ1) is 18.2. The fourth-order valence-electron chi connectivity index (χ4n) is 2.44. The summed E-state index contributed by atoms with van der Waals surface area (Å²) < 4.78 is 5.53. The highest BCUT2D eigenvalue weighted by Gasteiger charge is 2.07. The van der Waals surface area contributed by atoms with Crippen molar-refractivity contribution >= 4 is 23.2 Å². The second-order valence-electron chi connectivity index (χ2n) is 6.05. The maximum Gasteiger partial charge on any atom is 0.262 e. The SMILES string of the molecule is Cc1ccc(NC(=O)COc2cccc(NC(=O)c3ccccc3)c2)cc1. The van der Waals surface area contributed by atoms with Crippen LogP contribution in [-0.4, -0.2) is 18.4 Å². The van der Waals surface area contributed by atoms with E-state index >= 15 is 0 Å². The molecule has 5 heteroatoms. The summed E-state index contributed by atoms with van der Waals surface area (Å²) in [6.45, 7) is 1.86. The number of benzene rings is 3. The summed E-state index contributed by atoms with van der Waals surface area (Å²) in [5.74, 6) is 0.0439. The van der Waals surface area contributed by atoms with Gasteiger partial charge < -0.3 is 15.4 Å². The Morgan fingerprint density at radius 2 is 1.56 bits per heavy atom. The molecule has 27 heavy (non-hydrogen) atoms. The van der Waals surface area contributed by atoms with Crippen LogP contribution in [0.25, 0.3) is 0 Å². The molecule has 0 aliphatic carbocycles. The van der Waals surface area contributed by atoms with Gasteiger partial charge in [0.05, 0.1) is 0 Å². The predicted molar refractivity (Wildman–Crippen MR) is 106 cm³/mol. The van der Waals surface area contributed by atoms with Crippen LogP contribution in [0.4, 0.5) is 11.4 Å². The average molecular weight is 360 g/mol. The van der Waals surface area contributed by atoms with Crippen molar-refractivity contribution in [3.05, 3.63) is 90.0 Å². The highest BCUT2D eigenvalue weighted by molar-refractivity contribution is 6.04. The first-order chi connectivity index (χ1) is 13.1. The maximum absolute atomic E-state index is 12.2. The molecule has 0 aromatic heterocycles. The Hall–Kier alpha value is -3.60. The Labute approximate surface area is 158 Å². The minimum atomic E-state index is -0.252. The number of nitrogens with one attached hydrogen (secondary N) is 2. The molecule has 0 atom stereocenters. The number of amides is 2. The van der Waals surface area contributed by atoms with E-state index in [1.54, 1.807) is 48.5 Å². The fraction of sp³-hybridized carbons (Fsp3) is 0.0909. The first-order valence-electron chi connectivity index (χ1n) is 8.56. The number of ether oxygens (including phenoxy) is 1. The fourth-order valence-corrected chi connectivity index (χ4v) is 2.44. The van der Waals surface area contributed by atoms with Gasteiger partial charge in [-0.05, 0) is 43.3 Å². The van der Waals surface area contributed by atoms with Crippen LogP contribution in [0, 0.1) is 6.92 Å². The molecule has 0 aliphatic heterocycles. The van der Waals surface area contributed by atoms with Crippen molar-refractivity contribution in [2.45, 2.75) is 6.92 Å². The highest BCUT2D eigenvalue weighted by Crippen LogP contribution is 2.18. The molecule has 3 aromatic rings. The van der Waals surface area contributed by atoms with Crippen LogP contribution >= 0.6 is 0 Å². The Morgan fingerprint density at radius 1 is 0.815 bits per heavy atom. The van der Waals surface area contributed by atoms with Gasteiger partial charge in [-0.25, -0.2) is 0 Å². The van der Waals surface area contributed by atoms with Crippen molar-refractivity contribution in [3.8, 4) is 5.75 Å². The van der Waals surface area contributed by atoms with Crippen molar-refractivity contribution in [1.29, 1.82) is 0 Å². The van der Waals surface area contributed by atoms with Gasteiger partial charge in [0.1, 0.15) is 5.75 Å². The van der Waals surface area contributed by atoms with E-state index in [-0.39, 0.29) is 18.4 Å². The third-order valence-corrected chi connectivity index (χ3v) is 3.83. The zero-order valence-corrected chi connectivity index (χ0v) is 14.9. The number of hydrogen-bond donors (Lipinski definition) is 2. The third-order valence-electron chi connectivity index (χ3n) is 3.83. The molecule has 3 rings (SSSR count). The second-order valence-corrected chi connectivity index (χ2v) is 6.05. The van der Waals surface area contributed by atoms with Gasteiger partial charge in [-0.3, -0.25) is 9.59 Å². The number of anilines is 2. The highest BCUT2D eigenvalue weighted by atomic mass is 16.5. The minimum absolute atomic E-state index is 0.121. The van der Waals surface area contributed by atoms with Crippen LogP contribution in [-0.2, 0) is 4.79 Å². The molecule has 0 saturated heterocycles. The monoisotopic (exact) mass is 360 g/mol. The third kappa shape index (κ3) is 5.44. The van der Waals surface area contributed by atoms with E-state index in [2.05, 4.69) is 10.6 Å². The number of hydrogen-bond acceptors (Lipinski definition) is 3. The van der Waals surface area contributed by atoms with Crippen LogP contribution in [0.1, 0.15) is 15.9 Å². The van der Waals surface area contributed by atoms with Crippen molar-refractivity contribution in [2.75, 3.05) is 17.2 Å². The molecule has 0 radical (unpaired) electrons. The Morgan fingerprint density at radius 3 is 2.30 bits per heavy atom. The summed E-state index contributed by atoms with van der Waals surface area (Å²) in [6, 6.07) is 23.4. The van der Waals surface area contributed by atoms with Gasteiger partial charge in [-0.2, -0.15) is 0 Å². The molecular formula is C22H20N2O3. The lowest BCUT2D eigenvalue weighted by atomic mass is 10.2. The molecule has 2 amide bonds. The summed E-state index contributed by atoms with van der Waals surface area (Å²) in [4.78, 5) is 24.2. The van der Waals surface area contributed by atoms with Crippen LogP contribution in [0.5, 0.6) is 5.75 Å². The molecule has 5 nitrogen and oxygen atoms in total. The van der Waals surface area contributed by atoms with E-state index in [4.69, 9.17) is 4.74 Å². The van der Waals surface area contributed by atoms with Crippen molar-refractivity contribution in [1.82, 2.24) is 0 Å². The molecule has 136 valence electrons. The minimum Gasteiger partial charge on any atom is -0.484 e. The van der Waals surface area contributed by atoms with E-state index < -0.39 is 0 Å². The molecule has 0 fully saturated rings. The normalized spacial score (nSPS) is 10.1. The first-order valence-corrected chi connectivity index (χ1v) is 8.56. The second kappa shape index (κ2) is 8.67. The largest absolute Gasteiger partial charge is 0.484 e. The lowest BCUT2D eigenvalue weighted by Gasteiger charge is -2.10. The van der Waals surface area contributed by atoms with E-state index in [9.17, 15) is 9.59 Å². The predicted octanol–water partition coefficient (Wildman–Crippen LogP) is 4.26. The molecular weight excluding hydrogens is 340 g/mol. The van der Waals surface area contributed by atoms with E-state index in [1.807, 2.05) is 37.3 Å². The lowest BCUT2D eigenvalue weighted by Crippen LogP contribution is -2.20. The molecule has 3 aromatic carbocycles. The van der Waals surface area contributed by atoms with Crippen LogP contribution in [0.2, 0.25) is 0 Å². The average Bonchev–Trinajstić information content (AvgIpc) is 2.69. The zero-order chi connectivity index (χ0) is 19.1. The molecule has 0 unspecified atom stereocenters. The number of carbonyl (C=O) groups excluding carboxylic acids is 2. The molecule has 0 saturated carbocycles. The summed E-state index contributed by atoms with van der Waals surface area (Å²) >= 11 is 0. The number of carbonyl (C=O) groups is 2. The van der Waals surface area contributed by atoms with Crippen LogP contribution in [0.3, 0.4) is 0 Å². The molecule has 0 heterocycles. The van der Waals surface area contributed by atoms with Crippen LogP contribution < -0.4 is 15.4 Å². The quantitative estimate of drug-likeness (QED) is 0.690. The molecule has 2 N–H and O–H groups in total. The summed E-state index contributed by atoms with van der Waals surface area (Å²) in [6.07, 6.45) is 0. The van der Waals surface area contributed by atoms with E-state index in [1.165, 1.54) is 0 Å². The van der Waals surface area contributed by atoms with Gasteiger partial charge >= 0.3 is 0 Å². The van der Waals surface area contributed by atoms with Crippen molar-refractivity contribution < 1.29 is 14.3 Å². The number of aryl methyl sites for hydroxylation is 1. The van der Waals surface area contributed by atoms with Crippen LogP contribution in [0.15, 0.2) is 78.9 Å². The van der Waals surface area contributed by atoms with E-state index in [0.29, 0.717) is 17.0 Å². The van der Waals surface area contributed by atoms with Crippen molar-refractivity contribution in [3.63, 3.8) is 0 Å². The van der Waals surface area contributed by atoms with Crippen molar-refractivity contribution in [2.24, 2.45) is 0 Å². The summed E-state index contributed by atoms with van der Waals surface area (Å²) in [5.41, 5.74) is 3.01. The maximum atomic E-state index is 12.2. The molecule has 0 spiro atoms. The zero-order valence-electron chi connectivity index (χ0n) is 14.9. The van der Waals surface area contributed by atoms with Gasteiger partial charge in [-0.1, -0.05) is 42.0 Å². The topological polar surface area (TPSA) is 67.4 Å². The van der Waals surface area contributed by atoms with Gasteiger partial charge in [-0.15, -0.1) is 0 Å². The Kier molecular flexibility index (Phi) is 5.84. The standard InChI is InChI=1S/C22H20N2O3/c1-16-10-12-18(13-11-16)23-21(25)15-27-20-9-5-8-19(14-20)24-22(26)17-6-3-2-4-7-17/h2-14H,15H2,1H3,(H,23,25)(H,24,26). The Balaban J connectivity index is 1.55.